The molecule has 0 atom stereocenters. The molecule has 0 bridgehead atoms. The minimum atomic E-state index is -0.259. The zero-order valence-electron chi connectivity index (χ0n) is 10.5. The predicted octanol–water partition coefficient (Wildman–Crippen LogP) is 2.18. The Balaban J connectivity index is 2.15. The molecule has 2 rings (SSSR count). The second-order valence-electron chi connectivity index (χ2n) is 5.57. The lowest BCUT2D eigenvalue weighted by molar-refractivity contribution is 0.00578. The minimum Gasteiger partial charge on any atom is -0.402 e. The monoisotopic (exact) mass is 221 g/mol. The van der Waals surface area contributed by atoms with E-state index in [9.17, 15) is 0 Å². The molecule has 0 aromatic heterocycles. The summed E-state index contributed by atoms with van der Waals surface area (Å²) in [5.74, 6) is 0. The molecule has 0 aromatic rings. The fourth-order valence-corrected chi connectivity index (χ4v) is 1.86. The molecule has 0 radical (unpaired) electrons. The van der Waals surface area contributed by atoms with Crippen molar-refractivity contribution in [1.82, 2.24) is 0 Å². The van der Waals surface area contributed by atoms with E-state index in [4.69, 9.17) is 15.0 Å². The number of rotatable bonds is 1. The van der Waals surface area contributed by atoms with E-state index in [0.717, 1.165) is 18.5 Å². The Morgan fingerprint density at radius 2 is 1.62 bits per heavy atom. The molecule has 0 spiro atoms. The number of nitrogens with two attached hydrogens (primary N) is 1. The molecule has 88 valence electrons. The summed E-state index contributed by atoms with van der Waals surface area (Å²) in [5.41, 5.74) is 7.34. The van der Waals surface area contributed by atoms with Crippen molar-refractivity contribution in [2.24, 2.45) is 5.73 Å². The normalized spacial score (nSPS) is 27.6. The van der Waals surface area contributed by atoms with Gasteiger partial charge < -0.3 is 15.0 Å². The van der Waals surface area contributed by atoms with Crippen LogP contribution in [0.2, 0.25) is 0 Å². The van der Waals surface area contributed by atoms with Crippen LogP contribution in [0.5, 0.6) is 0 Å². The first-order valence-electron chi connectivity index (χ1n) is 5.82. The summed E-state index contributed by atoms with van der Waals surface area (Å²) in [6, 6.07) is 0. The van der Waals surface area contributed by atoms with Crippen LogP contribution in [0, 0.1) is 0 Å². The van der Waals surface area contributed by atoms with Crippen LogP contribution in [-0.4, -0.2) is 18.3 Å². The molecule has 2 N–H and O–H groups in total. The molecule has 0 aromatic carbocycles. The largest absolute Gasteiger partial charge is 0.490 e. The first-order chi connectivity index (χ1) is 7.32. The summed E-state index contributed by atoms with van der Waals surface area (Å²) < 4.78 is 12.0. The molecule has 0 amide bonds. The Morgan fingerprint density at radius 1 is 1.06 bits per heavy atom. The van der Waals surface area contributed by atoms with Crippen molar-refractivity contribution in [3.05, 3.63) is 23.3 Å². The van der Waals surface area contributed by atoms with Crippen LogP contribution < -0.4 is 5.73 Å². The Hall–Kier alpha value is -0.735. The highest BCUT2D eigenvalue weighted by Gasteiger charge is 2.52. The third kappa shape index (κ3) is 1.92. The van der Waals surface area contributed by atoms with Crippen molar-refractivity contribution in [1.29, 1.82) is 0 Å². The fourth-order valence-electron chi connectivity index (χ4n) is 1.86. The van der Waals surface area contributed by atoms with E-state index < -0.39 is 0 Å². The topological polar surface area (TPSA) is 44.5 Å². The molecule has 1 saturated heterocycles. The second-order valence-corrected chi connectivity index (χ2v) is 5.57. The molecule has 1 aliphatic heterocycles. The van der Waals surface area contributed by atoms with Gasteiger partial charge in [0.05, 0.1) is 11.2 Å². The number of hydrogen-bond donors (Lipinski definition) is 1. The van der Waals surface area contributed by atoms with E-state index in [1.165, 1.54) is 5.47 Å². The highest BCUT2D eigenvalue weighted by molar-refractivity contribution is 6.54. The molecule has 2 aliphatic rings. The van der Waals surface area contributed by atoms with Gasteiger partial charge in [-0.3, -0.25) is 0 Å². The zero-order valence-corrected chi connectivity index (χ0v) is 10.5. The average Bonchev–Trinajstić information content (AvgIpc) is 2.37. The fraction of sp³-hybridized carbons (Fsp3) is 0.667. The molecule has 1 fully saturated rings. The Morgan fingerprint density at radius 3 is 2.06 bits per heavy atom. The Labute approximate surface area is 97.8 Å². The van der Waals surface area contributed by atoms with Crippen LogP contribution >= 0.6 is 0 Å². The highest BCUT2D eigenvalue weighted by Crippen LogP contribution is 2.39. The molecule has 0 saturated carbocycles. The van der Waals surface area contributed by atoms with Gasteiger partial charge >= 0.3 is 7.12 Å². The van der Waals surface area contributed by atoms with E-state index in [1.54, 1.807) is 0 Å². The summed E-state index contributed by atoms with van der Waals surface area (Å²) in [4.78, 5) is 0. The molecule has 1 heterocycles. The lowest BCUT2D eigenvalue weighted by atomic mass is 9.73. The summed E-state index contributed by atoms with van der Waals surface area (Å²) in [6.07, 6.45) is 5.81. The molecular weight excluding hydrogens is 201 g/mol. The van der Waals surface area contributed by atoms with Crippen molar-refractivity contribution >= 4 is 7.12 Å². The molecule has 3 nitrogen and oxygen atoms in total. The van der Waals surface area contributed by atoms with Crippen molar-refractivity contribution in [3.8, 4) is 0 Å². The van der Waals surface area contributed by atoms with Crippen LogP contribution in [-0.2, 0) is 9.31 Å². The highest BCUT2D eigenvalue weighted by atomic mass is 16.7. The van der Waals surface area contributed by atoms with Gasteiger partial charge in [0.25, 0.3) is 0 Å². The number of allylic oxidation sites excluding steroid dienone is 4. The summed E-state index contributed by atoms with van der Waals surface area (Å²) in [7, 11) is -0.214. The van der Waals surface area contributed by atoms with Crippen LogP contribution in [0.25, 0.3) is 0 Å². The van der Waals surface area contributed by atoms with E-state index in [1.807, 2.05) is 12.2 Å². The average molecular weight is 221 g/mol. The maximum absolute atomic E-state index is 5.98. The van der Waals surface area contributed by atoms with Crippen LogP contribution in [0.4, 0.5) is 0 Å². The third-order valence-corrected chi connectivity index (χ3v) is 3.77. The Kier molecular flexibility index (Phi) is 2.67. The van der Waals surface area contributed by atoms with Gasteiger partial charge in [-0.05, 0) is 52.1 Å². The molecule has 1 aliphatic carbocycles. The van der Waals surface area contributed by atoms with E-state index in [-0.39, 0.29) is 18.3 Å². The number of hydrogen-bond acceptors (Lipinski definition) is 3. The summed E-state index contributed by atoms with van der Waals surface area (Å²) >= 11 is 0. The SMILES string of the molecule is CC1(C)OB(C2=CC=C(N)CC2)OC1(C)C. The minimum absolute atomic E-state index is 0.214. The van der Waals surface area contributed by atoms with Crippen molar-refractivity contribution in [2.75, 3.05) is 0 Å². The lowest BCUT2D eigenvalue weighted by Gasteiger charge is -2.32. The first-order valence-corrected chi connectivity index (χ1v) is 5.82. The first kappa shape index (κ1) is 11.7. The standard InChI is InChI=1S/C12H20BNO2/c1-11(2)12(3,4)16-13(15-11)9-5-7-10(14)8-6-9/h5,7H,6,8,14H2,1-4H3. The van der Waals surface area contributed by atoms with E-state index in [0.29, 0.717) is 0 Å². The Bertz CT molecular complexity index is 342. The molecule has 16 heavy (non-hydrogen) atoms. The van der Waals surface area contributed by atoms with Gasteiger partial charge in [-0.1, -0.05) is 6.08 Å². The van der Waals surface area contributed by atoms with Crippen molar-refractivity contribution in [2.45, 2.75) is 51.7 Å². The summed E-state index contributed by atoms with van der Waals surface area (Å²) in [5, 5.41) is 0. The molecular formula is C12H20BNO2. The van der Waals surface area contributed by atoms with Crippen LogP contribution in [0.1, 0.15) is 40.5 Å². The van der Waals surface area contributed by atoms with Gasteiger partial charge in [0.2, 0.25) is 0 Å². The maximum Gasteiger partial charge on any atom is 0.490 e. The van der Waals surface area contributed by atoms with Gasteiger partial charge in [-0.2, -0.15) is 0 Å². The van der Waals surface area contributed by atoms with Crippen molar-refractivity contribution in [3.63, 3.8) is 0 Å². The van der Waals surface area contributed by atoms with Gasteiger partial charge in [0.15, 0.2) is 0 Å². The van der Waals surface area contributed by atoms with Gasteiger partial charge in [-0.25, -0.2) is 0 Å². The maximum atomic E-state index is 5.98. The summed E-state index contributed by atoms with van der Waals surface area (Å²) in [6.45, 7) is 8.28. The smallest absolute Gasteiger partial charge is 0.402 e. The lowest BCUT2D eigenvalue weighted by Crippen LogP contribution is -2.41. The van der Waals surface area contributed by atoms with Crippen molar-refractivity contribution < 1.29 is 9.31 Å². The van der Waals surface area contributed by atoms with Gasteiger partial charge in [-0.15, -0.1) is 0 Å². The van der Waals surface area contributed by atoms with Crippen LogP contribution in [0.15, 0.2) is 23.3 Å². The quantitative estimate of drug-likeness (QED) is 0.690. The second kappa shape index (κ2) is 3.64. The van der Waals surface area contributed by atoms with E-state index >= 15 is 0 Å². The van der Waals surface area contributed by atoms with Gasteiger partial charge in [0.1, 0.15) is 0 Å². The third-order valence-electron chi connectivity index (χ3n) is 3.77. The van der Waals surface area contributed by atoms with E-state index in [2.05, 4.69) is 27.7 Å². The predicted molar refractivity (Wildman–Crippen MR) is 65.7 cm³/mol. The molecule has 4 heteroatoms. The van der Waals surface area contributed by atoms with Gasteiger partial charge in [0, 0.05) is 5.70 Å². The molecule has 0 unspecified atom stereocenters. The zero-order chi connectivity index (χ0) is 12.0. The van der Waals surface area contributed by atoms with Crippen LogP contribution in [0.3, 0.4) is 0 Å².